The van der Waals surface area contributed by atoms with Gasteiger partial charge in [0, 0.05) is 6.04 Å². The zero-order valence-corrected chi connectivity index (χ0v) is 12.2. The van der Waals surface area contributed by atoms with Gasteiger partial charge in [0.15, 0.2) is 0 Å². The smallest absolute Gasteiger partial charge is 0.0104 e. The number of rotatable bonds is 7. The first kappa shape index (κ1) is 12.7. The molecule has 3 rings (SSSR count). The fourth-order valence-corrected chi connectivity index (χ4v) is 4.69. The summed E-state index contributed by atoms with van der Waals surface area (Å²) in [5.41, 5.74) is 1.54. The molecule has 0 saturated heterocycles. The maximum Gasteiger partial charge on any atom is 0.0104 e. The summed E-state index contributed by atoms with van der Waals surface area (Å²) in [5, 5.41) is 8.34. The van der Waals surface area contributed by atoms with Gasteiger partial charge in [-0.25, -0.2) is 0 Å². The van der Waals surface area contributed by atoms with Crippen LogP contribution in [0.4, 0.5) is 0 Å². The topological polar surface area (TPSA) is 12.0 Å². The van der Waals surface area contributed by atoms with E-state index in [2.05, 4.69) is 29.1 Å². The second-order valence-electron chi connectivity index (χ2n) is 6.07. The molecule has 1 aromatic heterocycles. The summed E-state index contributed by atoms with van der Waals surface area (Å²) in [6.45, 7) is 3.47. The lowest BCUT2D eigenvalue weighted by Crippen LogP contribution is -2.33. The quantitative estimate of drug-likeness (QED) is 0.781. The summed E-state index contributed by atoms with van der Waals surface area (Å²) in [5.74, 6) is 3.19. The van der Waals surface area contributed by atoms with E-state index in [1.807, 2.05) is 11.3 Å². The summed E-state index contributed by atoms with van der Waals surface area (Å²) in [4.78, 5) is 0. The maximum absolute atomic E-state index is 3.83. The van der Waals surface area contributed by atoms with E-state index in [-0.39, 0.29) is 0 Å². The Balaban J connectivity index is 1.53. The predicted octanol–water partition coefficient (Wildman–Crippen LogP) is 4.10. The Morgan fingerprint density at radius 3 is 2.89 bits per heavy atom. The number of thiophene rings is 1. The third-order valence-corrected chi connectivity index (χ3v) is 5.65. The highest BCUT2D eigenvalue weighted by Gasteiger charge is 2.55. The molecule has 1 N–H and O–H groups in total. The molecule has 0 bridgehead atoms. The van der Waals surface area contributed by atoms with Gasteiger partial charge in [-0.2, -0.15) is 11.3 Å². The van der Waals surface area contributed by atoms with Crippen LogP contribution in [-0.4, -0.2) is 12.6 Å². The lowest BCUT2D eigenvalue weighted by molar-refractivity contribution is 0.385. The number of fused-ring (bicyclic) bond motifs is 1. The van der Waals surface area contributed by atoms with Crippen molar-refractivity contribution in [1.82, 2.24) is 5.32 Å². The fraction of sp³-hybridized carbons (Fsp3) is 0.750. The summed E-state index contributed by atoms with van der Waals surface area (Å²) in [7, 11) is 0. The zero-order chi connectivity index (χ0) is 12.4. The van der Waals surface area contributed by atoms with Gasteiger partial charge < -0.3 is 5.32 Å². The fourth-order valence-electron chi connectivity index (χ4n) is 3.99. The van der Waals surface area contributed by atoms with E-state index in [0.29, 0.717) is 0 Å². The Morgan fingerprint density at radius 1 is 1.39 bits per heavy atom. The van der Waals surface area contributed by atoms with Crippen LogP contribution >= 0.6 is 11.3 Å². The van der Waals surface area contributed by atoms with Crippen molar-refractivity contribution in [3.63, 3.8) is 0 Å². The van der Waals surface area contributed by atoms with E-state index in [4.69, 9.17) is 0 Å². The highest BCUT2D eigenvalue weighted by atomic mass is 32.1. The molecule has 0 aliphatic heterocycles. The van der Waals surface area contributed by atoms with Crippen molar-refractivity contribution >= 4 is 11.3 Å². The largest absolute Gasteiger partial charge is 0.314 e. The normalized spacial score (nSPS) is 31.3. The van der Waals surface area contributed by atoms with Gasteiger partial charge in [-0.05, 0) is 78.8 Å². The summed E-state index contributed by atoms with van der Waals surface area (Å²) in [6.07, 6.45) is 8.39. The minimum Gasteiger partial charge on any atom is -0.314 e. The molecule has 0 amide bonds. The maximum atomic E-state index is 3.83. The number of hydrogen-bond acceptors (Lipinski definition) is 2. The second kappa shape index (κ2) is 5.75. The van der Waals surface area contributed by atoms with E-state index < -0.39 is 0 Å². The Hall–Kier alpha value is -0.340. The molecular formula is C16H25NS. The van der Waals surface area contributed by atoms with E-state index in [9.17, 15) is 0 Å². The van der Waals surface area contributed by atoms with Gasteiger partial charge in [0.1, 0.15) is 0 Å². The molecule has 18 heavy (non-hydrogen) atoms. The first-order chi connectivity index (χ1) is 8.90. The van der Waals surface area contributed by atoms with Gasteiger partial charge in [0.2, 0.25) is 0 Å². The first-order valence-corrected chi connectivity index (χ1v) is 8.59. The molecule has 1 aromatic rings. The highest BCUT2D eigenvalue weighted by Crippen LogP contribution is 2.59. The molecule has 0 aromatic carbocycles. The summed E-state index contributed by atoms with van der Waals surface area (Å²) >= 11 is 1.83. The Morgan fingerprint density at radius 2 is 2.22 bits per heavy atom. The van der Waals surface area contributed by atoms with Gasteiger partial charge in [-0.15, -0.1) is 0 Å². The van der Waals surface area contributed by atoms with Crippen LogP contribution in [0.1, 0.15) is 44.6 Å². The van der Waals surface area contributed by atoms with Gasteiger partial charge >= 0.3 is 0 Å². The van der Waals surface area contributed by atoms with Crippen LogP contribution in [0.15, 0.2) is 16.8 Å². The average molecular weight is 263 g/mol. The van der Waals surface area contributed by atoms with E-state index in [0.717, 1.165) is 23.8 Å². The van der Waals surface area contributed by atoms with E-state index >= 15 is 0 Å². The number of aryl methyl sites for hydroxylation is 1. The van der Waals surface area contributed by atoms with E-state index in [1.54, 1.807) is 0 Å². The molecule has 3 atom stereocenters. The molecular weight excluding hydrogens is 238 g/mol. The third kappa shape index (κ3) is 2.65. The van der Waals surface area contributed by atoms with Gasteiger partial charge in [-0.1, -0.05) is 13.3 Å². The molecule has 2 aliphatic carbocycles. The van der Waals surface area contributed by atoms with Crippen LogP contribution in [0.5, 0.6) is 0 Å². The average Bonchev–Trinajstić information content (AvgIpc) is 2.82. The number of hydrogen-bond donors (Lipinski definition) is 1. The van der Waals surface area contributed by atoms with Gasteiger partial charge in [0.05, 0.1) is 0 Å². The van der Waals surface area contributed by atoms with Gasteiger partial charge in [-0.3, -0.25) is 0 Å². The minimum absolute atomic E-state index is 0.792. The molecule has 2 aliphatic rings. The van der Waals surface area contributed by atoms with Crippen molar-refractivity contribution in [3.05, 3.63) is 22.4 Å². The Labute approximate surface area is 115 Å². The molecule has 0 radical (unpaired) electrons. The molecule has 0 spiro atoms. The van der Waals surface area contributed by atoms with Crippen molar-refractivity contribution in [2.75, 3.05) is 6.54 Å². The predicted molar refractivity (Wildman–Crippen MR) is 79.0 cm³/mol. The molecule has 3 unspecified atom stereocenters. The minimum atomic E-state index is 0.792. The number of nitrogens with one attached hydrogen (secondary N) is 1. The van der Waals surface area contributed by atoms with Crippen LogP contribution in [0, 0.1) is 17.8 Å². The molecule has 2 fully saturated rings. The Kier molecular flexibility index (Phi) is 4.05. The van der Waals surface area contributed by atoms with Crippen LogP contribution in [0.25, 0.3) is 0 Å². The SMILES string of the molecule is CCCNC(CCc1ccsc1)C1C2CCCC21. The zero-order valence-electron chi connectivity index (χ0n) is 11.4. The summed E-state index contributed by atoms with van der Waals surface area (Å²) in [6, 6.07) is 3.08. The lowest BCUT2D eigenvalue weighted by Gasteiger charge is -2.20. The van der Waals surface area contributed by atoms with Crippen LogP contribution in [0.2, 0.25) is 0 Å². The Bertz CT molecular complexity index is 349. The summed E-state index contributed by atoms with van der Waals surface area (Å²) < 4.78 is 0. The molecule has 1 heterocycles. The van der Waals surface area contributed by atoms with Crippen molar-refractivity contribution in [2.45, 2.75) is 51.5 Å². The van der Waals surface area contributed by atoms with Crippen molar-refractivity contribution in [3.8, 4) is 0 Å². The standard InChI is InChI=1S/C16H25NS/c1-2-9-17-15(7-6-12-8-10-18-11-12)16-13-4-3-5-14(13)16/h8,10-11,13-17H,2-7,9H2,1H3. The molecule has 1 nitrogen and oxygen atoms in total. The van der Waals surface area contributed by atoms with Crippen LogP contribution < -0.4 is 5.32 Å². The molecule has 2 saturated carbocycles. The second-order valence-corrected chi connectivity index (χ2v) is 6.85. The van der Waals surface area contributed by atoms with Crippen LogP contribution in [0.3, 0.4) is 0 Å². The van der Waals surface area contributed by atoms with Crippen molar-refractivity contribution < 1.29 is 0 Å². The highest BCUT2D eigenvalue weighted by molar-refractivity contribution is 7.07. The molecule has 100 valence electrons. The third-order valence-electron chi connectivity index (χ3n) is 4.92. The van der Waals surface area contributed by atoms with Gasteiger partial charge in [0.25, 0.3) is 0 Å². The van der Waals surface area contributed by atoms with Crippen LogP contribution in [-0.2, 0) is 6.42 Å². The monoisotopic (exact) mass is 263 g/mol. The lowest BCUT2D eigenvalue weighted by atomic mass is 9.98. The van der Waals surface area contributed by atoms with E-state index in [1.165, 1.54) is 50.6 Å². The van der Waals surface area contributed by atoms with Crippen molar-refractivity contribution in [1.29, 1.82) is 0 Å². The molecule has 2 heteroatoms. The first-order valence-electron chi connectivity index (χ1n) is 7.64. The van der Waals surface area contributed by atoms with Crippen molar-refractivity contribution in [2.24, 2.45) is 17.8 Å².